The molecule has 1 aromatic carbocycles. The number of carbonyl (C=O) groups excluding carboxylic acids is 1. The number of rotatable bonds is 6. The van der Waals surface area contributed by atoms with E-state index in [2.05, 4.69) is 29.9 Å². The summed E-state index contributed by atoms with van der Waals surface area (Å²) in [5.74, 6) is 0.106. The second kappa shape index (κ2) is 7.63. The van der Waals surface area contributed by atoms with Crippen molar-refractivity contribution in [3.8, 4) is 6.07 Å². The first-order chi connectivity index (χ1) is 12.9. The van der Waals surface area contributed by atoms with E-state index in [1.54, 1.807) is 23.2 Å². The predicted octanol–water partition coefficient (Wildman–Crippen LogP) is 3.74. The number of carbonyl (C=O) groups is 1. The van der Waals surface area contributed by atoms with Crippen LogP contribution in [0.3, 0.4) is 0 Å². The number of nitrogens with one attached hydrogen (secondary N) is 1. The van der Waals surface area contributed by atoms with Crippen molar-refractivity contribution in [1.82, 2.24) is 10.3 Å². The van der Waals surface area contributed by atoms with Crippen LogP contribution in [0.1, 0.15) is 37.9 Å². The zero-order valence-corrected chi connectivity index (χ0v) is 15.8. The number of anilines is 1. The third-order valence-corrected chi connectivity index (χ3v) is 5.09. The van der Waals surface area contributed by atoms with Crippen LogP contribution in [0.15, 0.2) is 55.2 Å². The van der Waals surface area contributed by atoms with E-state index in [0.717, 1.165) is 23.5 Å². The highest BCUT2D eigenvalue weighted by molar-refractivity contribution is 5.99. The molecule has 1 saturated heterocycles. The van der Waals surface area contributed by atoms with E-state index < -0.39 is 5.41 Å². The number of amides is 1. The predicted molar refractivity (Wildman–Crippen MR) is 107 cm³/mol. The summed E-state index contributed by atoms with van der Waals surface area (Å²) in [5.41, 5.74) is 2.48. The molecule has 2 atom stereocenters. The molecule has 2 aromatic rings. The molecule has 0 bridgehead atoms. The quantitative estimate of drug-likeness (QED) is 0.852. The summed E-state index contributed by atoms with van der Waals surface area (Å²) in [5, 5.41) is 12.5. The molecule has 1 aliphatic rings. The highest BCUT2D eigenvalue weighted by atomic mass is 16.2. The molecule has 1 aromatic heterocycles. The number of hydrogen-bond acceptors (Lipinski definition) is 4. The molecular formula is C22H24N4O. The fraction of sp³-hybridized carbons (Fsp3) is 0.318. The first-order valence-electron chi connectivity index (χ1n) is 9.12. The van der Waals surface area contributed by atoms with Crippen molar-refractivity contribution in [3.63, 3.8) is 0 Å². The van der Waals surface area contributed by atoms with Gasteiger partial charge in [0, 0.05) is 24.5 Å². The molecule has 0 unspecified atom stereocenters. The largest absolute Gasteiger partial charge is 0.381 e. The Labute approximate surface area is 160 Å². The van der Waals surface area contributed by atoms with Crippen LogP contribution < -0.4 is 10.2 Å². The lowest BCUT2D eigenvalue weighted by Gasteiger charge is -2.28. The number of benzene rings is 1. The fourth-order valence-electron chi connectivity index (χ4n) is 3.71. The van der Waals surface area contributed by atoms with E-state index in [0.29, 0.717) is 18.5 Å². The van der Waals surface area contributed by atoms with Gasteiger partial charge in [-0.25, -0.2) is 0 Å². The zero-order chi connectivity index (χ0) is 19.4. The molecule has 5 nitrogen and oxygen atoms in total. The maximum Gasteiger partial charge on any atom is 0.233 e. The van der Waals surface area contributed by atoms with Crippen molar-refractivity contribution in [1.29, 1.82) is 5.26 Å². The second-order valence-corrected chi connectivity index (χ2v) is 7.37. The fourth-order valence-corrected chi connectivity index (χ4v) is 3.71. The number of hydrogen-bond donors (Lipinski definition) is 1. The van der Waals surface area contributed by atoms with Crippen molar-refractivity contribution in [2.75, 3.05) is 11.4 Å². The second-order valence-electron chi connectivity index (χ2n) is 7.37. The van der Waals surface area contributed by atoms with Gasteiger partial charge in [-0.3, -0.25) is 9.78 Å². The van der Waals surface area contributed by atoms with Crippen LogP contribution in [-0.2, 0) is 4.79 Å². The molecule has 3 rings (SSSR count). The van der Waals surface area contributed by atoms with Gasteiger partial charge >= 0.3 is 0 Å². The Balaban J connectivity index is 1.67. The van der Waals surface area contributed by atoms with Gasteiger partial charge in [0.1, 0.15) is 0 Å². The van der Waals surface area contributed by atoms with E-state index in [-0.39, 0.29) is 11.9 Å². The summed E-state index contributed by atoms with van der Waals surface area (Å²) in [6, 6.07) is 15.1. The molecular weight excluding hydrogens is 336 g/mol. The highest BCUT2D eigenvalue weighted by Gasteiger charge is 2.44. The Morgan fingerprint density at radius 2 is 2.22 bits per heavy atom. The molecule has 0 radical (unpaired) electrons. The third kappa shape index (κ3) is 4.01. The Kier molecular flexibility index (Phi) is 5.27. The maximum atomic E-state index is 13.1. The molecule has 0 spiro atoms. The molecule has 2 heterocycles. The van der Waals surface area contributed by atoms with Crippen LogP contribution in [0.25, 0.3) is 5.70 Å². The Morgan fingerprint density at radius 3 is 2.93 bits per heavy atom. The minimum Gasteiger partial charge on any atom is -0.381 e. The average Bonchev–Trinajstić information content (AvgIpc) is 2.97. The Morgan fingerprint density at radius 1 is 1.41 bits per heavy atom. The Bertz CT molecular complexity index is 887. The number of nitrogens with zero attached hydrogens (tertiary/aromatic N) is 3. The molecule has 27 heavy (non-hydrogen) atoms. The summed E-state index contributed by atoms with van der Waals surface area (Å²) in [7, 11) is 0. The molecule has 5 heteroatoms. The van der Waals surface area contributed by atoms with Crippen LogP contribution in [0.4, 0.5) is 5.69 Å². The van der Waals surface area contributed by atoms with Crippen molar-refractivity contribution < 1.29 is 4.79 Å². The van der Waals surface area contributed by atoms with E-state index in [4.69, 9.17) is 5.26 Å². The lowest BCUT2D eigenvalue weighted by molar-refractivity contribution is -0.125. The molecule has 1 amide bonds. The minimum absolute atomic E-state index is 0.0823. The smallest absolute Gasteiger partial charge is 0.233 e. The number of pyridine rings is 1. The van der Waals surface area contributed by atoms with Crippen molar-refractivity contribution in [3.05, 3.63) is 66.5 Å². The van der Waals surface area contributed by atoms with Crippen molar-refractivity contribution >= 4 is 17.3 Å². The van der Waals surface area contributed by atoms with Gasteiger partial charge in [0.2, 0.25) is 5.91 Å². The van der Waals surface area contributed by atoms with Gasteiger partial charge in [0.25, 0.3) is 0 Å². The van der Waals surface area contributed by atoms with Crippen LogP contribution >= 0.6 is 0 Å². The van der Waals surface area contributed by atoms with Crippen LogP contribution in [0.5, 0.6) is 0 Å². The van der Waals surface area contributed by atoms with Gasteiger partial charge < -0.3 is 10.2 Å². The van der Waals surface area contributed by atoms with E-state index in [9.17, 15) is 4.79 Å². The SMILES string of the molecule is C=C(N[C@@H](C)C[C@]1(C)CCN(c2cccc(C#N)c2)C1=O)c1ccccn1. The van der Waals surface area contributed by atoms with Gasteiger partial charge in [-0.1, -0.05) is 25.6 Å². The normalized spacial score (nSPS) is 20.2. The van der Waals surface area contributed by atoms with E-state index >= 15 is 0 Å². The van der Waals surface area contributed by atoms with Crippen molar-refractivity contribution in [2.24, 2.45) is 5.41 Å². The summed E-state index contributed by atoms with van der Waals surface area (Å²) < 4.78 is 0. The summed E-state index contributed by atoms with van der Waals surface area (Å²) >= 11 is 0. The maximum absolute atomic E-state index is 13.1. The Hall–Kier alpha value is -3.13. The van der Waals surface area contributed by atoms with Gasteiger partial charge in [-0.2, -0.15) is 5.26 Å². The van der Waals surface area contributed by atoms with Crippen LogP contribution in [0, 0.1) is 16.7 Å². The monoisotopic (exact) mass is 360 g/mol. The number of aromatic nitrogens is 1. The molecule has 1 N–H and O–H groups in total. The highest BCUT2D eigenvalue weighted by Crippen LogP contribution is 2.38. The van der Waals surface area contributed by atoms with Gasteiger partial charge in [0.15, 0.2) is 0 Å². The lowest BCUT2D eigenvalue weighted by atomic mass is 9.82. The molecule has 1 aliphatic heterocycles. The first kappa shape index (κ1) is 18.7. The summed E-state index contributed by atoms with van der Waals surface area (Å²) in [6.45, 7) is 8.81. The average molecular weight is 360 g/mol. The topological polar surface area (TPSA) is 69.0 Å². The molecule has 0 aliphatic carbocycles. The van der Waals surface area contributed by atoms with Gasteiger partial charge in [-0.15, -0.1) is 0 Å². The lowest BCUT2D eigenvalue weighted by Crippen LogP contribution is -2.38. The van der Waals surface area contributed by atoms with E-state index in [1.165, 1.54) is 0 Å². The summed E-state index contributed by atoms with van der Waals surface area (Å²) in [6.07, 6.45) is 3.22. The van der Waals surface area contributed by atoms with Gasteiger partial charge in [0.05, 0.1) is 28.4 Å². The van der Waals surface area contributed by atoms with Crippen LogP contribution in [-0.4, -0.2) is 23.5 Å². The van der Waals surface area contributed by atoms with Crippen molar-refractivity contribution in [2.45, 2.75) is 32.7 Å². The van der Waals surface area contributed by atoms with Crippen LogP contribution in [0.2, 0.25) is 0 Å². The zero-order valence-electron chi connectivity index (χ0n) is 15.8. The van der Waals surface area contributed by atoms with E-state index in [1.807, 2.05) is 37.3 Å². The van der Waals surface area contributed by atoms with Gasteiger partial charge in [-0.05, 0) is 50.1 Å². The molecule has 0 saturated carbocycles. The standard InChI is InChI=1S/C22H24N4O/c1-16(25-17(2)20-9-4-5-11-24-20)14-22(3)10-12-26(21(22)27)19-8-6-7-18(13-19)15-23/h4-9,11,13,16,25H,2,10,12,14H2,1,3H3/t16-,22-/m0/s1. The number of nitriles is 1. The third-order valence-electron chi connectivity index (χ3n) is 5.09. The molecule has 138 valence electrons. The molecule has 1 fully saturated rings. The summed E-state index contributed by atoms with van der Waals surface area (Å²) in [4.78, 5) is 19.2. The first-order valence-corrected chi connectivity index (χ1v) is 9.12. The minimum atomic E-state index is -0.445.